The Kier molecular flexibility index (Phi) is 5.22. The van der Waals surface area contributed by atoms with E-state index in [9.17, 15) is 9.50 Å². The number of methoxy groups -OCH3 is 1. The first-order chi connectivity index (χ1) is 12.0. The maximum atomic E-state index is 13.8. The Morgan fingerprint density at radius 3 is 2.56 bits per heavy atom. The Labute approximate surface area is 153 Å². The van der Waals surface area contributed by atoms with Gasteiger partial charge in [0, 0.05) is 28.0 Å². The van der Waals surface area contributed by atoms with Gasteiger partial charge in [-0.05, 0) is 29.8 Å². The number of hydrogen-bond donors (Lipinski definition) is 2. The summed E-state index contributed by atoms with van der Waals surface area (Å²) in [6.45, 7) is 0.155. The van der Waals surface area contributed by atoms with Crippen molar-refractivity contribution in [3.63, 3.8) is 0 Å². The third-order valence-electron chi connectivity index (χ3n) is 3.64. The number of ether oxygens (including phenoxy) is 1. The number of rotatable bonds is 5. The van der Waals surface area contributed by atoms with Gasteiger partial charge in [-0.2, -0.15) is 0 Å². The molecule has 1 atom stereocenters. The van der Waals surface area contributed by atoms with Gasteiger partial charge in [-0.15, -0.1) is 0 Å². The van der Waals surface area contributed by atoms with Crippen LogP contribution in [0.1, 0.15) is 11.7 Å². The van der Waals surface area contributed by atoms with Gasteiger partial charge in [0.15, 0.2) is 11.6 Å². The molecule has 0 amide bonds. The number of nitrogens with zero attached hydrogens (tertiary/aromatic N) is 2. The Morgan fingerprint density at radius 2 is 1.88 bits per heavy atom. The Morgan fingerprint density at radius 1 is 1.16 bits per heavy atom. The van der Waals surface area contributed by atoms with Crippen molar-refractivity contribution in [3.05, 3.63) is 58.1 Å². The van der Waals surface area contributed by atoms with E-state index in [1.807, 2.05) is 0 Å². The van der Waals surface area contributed by atoms with E-state index in [1.165, 1.54) is 25.6 Å². The maximum Gasteiger partial charge on any atom is 0.167 e. The minimum absolute atomic E-state index is 0.0903. The van der Waals surface area contributed by atoms with Crippen molar-refractivity contribution in [2.24, 2.45) is 0 Å². The van der Waals surface area contributed by atoms with Gasteiger partial charge in [-0.1, -0.05) is 23.2 Å². The zero-order chi connectivity index (χ0) is 18.0. The van der Waals surface area contributed by atoms with Crippen molar-refractivity contribution >= 4 is 39.9 Å². The van der Waals surface area contributed by atoms with Crippen molar-refractivity contribution in [1.29, 1.82) is 0 Å². The zero-order valence-corrected chi connectivity index (χ0v) is 14.6. The number of aliphatic hydroxyl groups is 1. The fourth-order valence-electron chi connectivity index (χ4n) is 2.43. The zero-order valence-electron chi connectivity index (χ0n) is 13.1. The SMILES string of the molecule is COc1cc2c(NCC(O)c3cc(Cl)cc(Cl)c3)ncnc2cc1F. The van der Waals surface area contributed by atoms with E-state index in [2.05, 4.69) is 15.3 Å². The van der Waals surface area contributed by atoms with Gasteiger partial charge in [0.05, 0.1) is 18.7 Å². The molecule has 0 bridgehead atoms. The molecule has 1 heterocycles. The van der Waals surface area contributed by atoms with Gasteiger partial charge in [-0.25, -0.2) is 14.4 Å². The molecule has 0 saturated heterocycles. The summed E-state index contributed by atoms with van der Waals surface area (Å²) in [5, 5.41) is 14.8. The molecule has 0 aliphatic heterocycles. The molecule has 25 heavy (non-hydrogen) atoms. The van der Waals surface area contributed by atoms with Crippen LogP contribution in [0.15, 0.2) is 36.7 Å². The van der Waals surface area contributed by atoms with Crippen LogP contribution in [0.5, 0.6) is 5.75 Å². The van der Waals surface area contributed by atoms with Crippen LogP contribution in [-0.2, 0) is 0 Å². The Hall–Kier alpha value is -2.15. The first-order valence-electron chi connectivity index (χ1n) is 7.34. The summed E-state index contributed by atoms with van der Waals surface area (Å²) < 4.78 is 18.8. The summed E-state index contributed by atoms with van der Waals surface area (Å²) in [4.78, 5) is 8.19. The normalized spacial score (nSPS) is 12.2. The molecule has 0 saturated carbocycles. The van der Waals surface area contributed by atoms with Gasteiger partial charge < -0.3 is 15.2 Å². The Balaban J connectivity index is 1.85. The smallest absolute Gasteiger partial charge is 0.167 e. The topological polar surface area (TPSA) is 67.3 Å². The quantitative estimate of drug-likeness (QED) is 0.691. The van der Waals surface area contributed by atoms with E-state index < -0.39 is 11.9 Å². The number of hydrogen-bond acceptors (Lipinski definition) is 5. The monoisotopic (exact) mass is 381 g/mol. The second kappa shape index (κ2) is 7.39. The van der Waals surface area contributed by atoms with Crippen LogP contribution >= 0.6 is 23.2 Å². The van der Waals surface area contributed by atoms with Crippen molar-refractivity contribution in [1.82, 2.24) is 9.97 Å². The van der Waals surface area contributed by atoms with Crippen LogP contribution in [-0.4, -0.2) is 28.7 Å². The van der Waals surface area contributed by atoms with Crippen LogP contribution in [0.4, 0.5) is 10.2 Å². The van der Waals surface area contributed by atoms with E-state index in [4.69, 9.17) is 27.9 Å². The second-order valence-electron chi connectivity index (χ2n) is 5.33. The average Bonchev–Trinajstić information content (AvgIpc) is 2.58. The number of nitrogens with one attached hydrogen (secondary N) is 1. The maximum absolute atomic E-state index is 13.8. The lowest BCUT2D eigenvalue weighted by Gasteiger charge is -2.15. The molecule has 0 spiro atoms. The van der Waals surface area contributed by atoms with E-state index in [0.717, 1.165) is 0 Å². The number of anilines is 1. The molecule has 3 rings (SSSR count). The van der Waals surface area contributed by atoms with Crippen molar-refractivity contribution in [2.75, 3.05) is 19.0 Å². The second-order valence-corrected chi connectivity index (χ2v) is 6.20. The lowest BCUT2D eigenvalue weighted by atomic mass is 10.1. The van der Waals surface area contributed by atoms with Gasteiger partial charge in [0.2, 0.25) is 0 Å². The highest BCUT2D eigenvalue weighted by atomic mass is 35.5. The van der Waals surface area contributed by atoms with Gasteiger partial charge in [0.1, 0.15) is 12.1 Å². The van der Waals surface area contributed by atoms with E-state index in [0.29, 0.717) is 32.3 Å². The predicted octanol–water partition coefficient (Wildman–Crippen LogP) is 4.23. The van der Waals surface area contributed by atoms with Crippen molar-refractivity contribution in [3.8, 4) is 5.75 Å². The standard InChI is InChI=1S/C17H14Cl2FN3O2/c1-25-16-5-12-14(6-13(16)20)22-8-23-17(12)21-7-15(24)9-2-10(18)4-11(19)3-9/h2-6,8,15,24H,7H2,1H3,(H,21,22,23). The summed E-state index contributed by atoms with van der Waals surface area (Å²) in [5.41, 5.74) is 1.00. The first kappa shape index (κ1) is 17.7. The van der Waals surface area contributed by atoms with Gasteiger partial charge >= 0.3 is 0 Å². The molecule has 0 radical (unpaired) electrons. The summed E-state index contributed by atoms with van der Waals surface area (Å²) in [5.74, 6) is 0.0382. The van der Waals surface area contributed by atoms with Crippen LogP contribution < -0.4 is 10.1 Å². The summed E-state index contributed by atoms with van der Waals surface area (Å²) >= 11 is 11.9. The van der Waals surface area contributed by atoms with E-state index >= 15 is 0 Å². The van der Waals surface area contributed by atoms with E-state index in [-0.39, 0.29) is 12.3 Å². The molecule has 0 aliphatic rings. The lowest BCUT2D eigenvalue weighted by Crippen LogP contribution is -2.13. The third-order valence-corrected chi connectivity index (χ3v) is 4.08. The summed E-state index contributed by atoms with van der Waals surface area (Å²) in [6, 6.07) is 7.64. The number of aromatic nitrogens is 2. The average molecular weight is 382 g/mol. The molecular weight excluding hydrogens is 368 g/mol. The molecule has 1 unspecified atom stereocenters. The van der Waals surface area contributed by atoms with E-state index in [1.54, 1.807) is 18.2 Å². The number of fused-ring (bicyclic) bond motifs is 1. The molecule has 0 aliphatic carbocycles. The molecule has 8 heteroatoms. The minimum Gasteiger partial charge on any atom is -0.494 e. The Bertz CT molecular complexity index is 904. The third kappa shape index (κ3) is 3.92. The molecular formula is C17H14Cl2FN3O2. The lowest BCUT2D eigenvalue weighted by molar-refractivity contribution is 0.191. The largest absolute Gasteiger partial charge is 0.494 e. The number of aliphatic hydroxyl groups excluding tert-OH is 1. The summed E-state index contributed by atoms with van der Waals surface area (Å²) in [7, 11) is 1.38. The molecule has 3 aromatic rings. The van der Waals surface area contributed by atoms with Crippen LogP contribution in [0.3, 0.4) is 0 Å². The molecule has 130 valence electrons. The molecule has 5 nitrogen and oxygen atoms in total. The van der Waals surface area contributed by atoms with Crippen LogP contribution in [0.2, 0.25) is 10.0 Å². The fourth-order valence-corrected chi connectivity index (χ4v) is 2.98. The predicted molar refractivity (Wildman–Crippen MR) is 96.0 cm³/mol. The van der Waals surface area contributed by atoms with Gasteiger partial charge in [0.25, 0.3) is 0 Å². The molecule has 2 N–H and O–H groups in total. The van der Waals surface area contributed by atoms with Crippen molar-refractivity contribution in [2.45, 2.75) is 6.10 Å². The minimum atomic E-state index is -0.858. The highest BCUT2D eigenvalue weighted by Gasteiger charge is 2.13. The highest BCUT2D eigenvalue weighted by molar-refractivity contribution is 6.34. The molecule has 2 aromatic carbocycles. The first-order valence-corrected chi connectivity index (χ1v) is 8.09. The summed E-state index contributed by atoms with van der Waals surface area (Å²) in [6.07, 6.45) is 0.461. The number of benzene rings is 2. The van der Waals surface area contributed by atoms with Crippen LogP contribution in [0, 0.1) is 5.82 Å². The number of halogens is 3. The molecule has 1 aromatic heterocycles. The van der Waals surface area contributed by atoms with Crippen LogP contribution in [0.25, 0.3) is 10.9 Å². The van der Waals surface area contributed by atoms with Crippen molar-refractivity contribution < 1.29 is 14.2 Å². The fraction of sp³-hybridized carbons (Fsp3) is 0.176. The van der Waals surface area contributed by atoms with Gasteiger partial charge in [-0.3, -0.25) is 0 Å². The molecule has 0 fully saturated rings. The highest BCUT2D eigenvalue weighted by Crippen LogP contribution is 2.28.